The molecule has 1 aromatic carbocycles. The molecule has 3 rings (SSSR count). The number of piperidine rings is 1. The van der Waals surface area contributed by atoms with Gasteiger partial charge < -0.3 is 10.2 Å². The highest BCUT2D eigenvalue weighted by atomic mass is 16.2. The zero-order valence-electron chi connectivity index (χ0n) is 12.3. The molecule has 2 heterocycles. The predicted octanol–water partition coefficient (Wildman–Crippen LogP) is 2.66. The minimum absolute atomic E-state index is 0.00657. The fourth-order valence-electron chi connectivity index (χ4n) is 3.63. The van der Waals surface area contributed by atoms with Gasteiger partial charge in [0, 0.05) is 25.7 Å². The van der Waals surface area contributed by atoms with Gasteiger partial charge in [-0.05, 0) is 36.8 Å². The summed E-state index contributed by atoms with van der Waals surface area (Å²) in [5.74, 6) is 0.336. The summed E-state index contributed by atoms with van der Waals surface area (Å²) >= 11 is 0. The molecule has 2 atom stereocenters. The van der Waals surface area contributed by atoms with Crippen LogP contribution in [0.3, 0.4) is 0 Å². The summed E-state index contributed by atoms with van der Waals surface area (Å²) in [4.78, 5) is 15.1. The largest absolute Gasteiger partial charge is 0.339 e. The highest BCUT2D eigenvalue weighted by molar-refractivity contribution is 5.85. The van der Waals surface area contributed by atoms with Crippen LogP contribution in [0.1, 0.15) is 49.7 Å². The van der Waals surface area contributed by atoms with E-state index in [1.165, 1.54) is 24.0 Å². The minimum atomic E-state index is 0.00657. The molecular weight excluding hydrogens is 248 g/mol. The van der Waals surface area contributed by atoms with Crippen LogP contribution in [0.15, 0.2) is 24.3 Å². The van der Waals surface area contributed by atoms with E-state index in [4.69, 9.17) is 0 Å². The Balaban J connectivity index is 1.84. The summed E-state index contributed by atoms with van der Waals surface area (Å²) in [6.45, 7) is 4.80. The number of nitrogens with one attached hydrogen (secondary N) is 1. The molecule has 2 aliphatic heterocycles. The summed E-state index contributed by atoms with van der Waals surface area (Å²) in [7, 11) is 0. The minimum Gasteiger partial charge on any atom is -0.339 e. The van der Waals surface area contributed by atoms with E-state index in [9.17, 15) is 4.79 Å². The third kappa shape index (κ3) is 2.47. The molecule has 1 aromatic rings. The van der Waals surface area contributed by atoms with Crippen LogP contribution in [0.25, 0.3) is 0 Å². The molecule has 0 aromatic heterocycles. The van der Waals surface area contributed by atoms with Gasteiger partial charge in [-0.2, -0.15) is 0 Å². The van der Waals surface area contributed by atoms with Crippen molar-refractivity contribution < 1.29 is 4.79 Å². The fourth-order valence-corrected chi connectivity index (χ4v) is 3.63. The van der Waals surface area contributed by atoms with Crippen molar-refractivity contribution >= 4 is 5.91 Å². The smallest absolute Gasteiger partial charge is 0.231 e. The lowest BCUT2D eigenvalue weighted by molar-refractivity contribution is -0.136. The Morgan fingerprint density at radius 3 is 3.05 bits per heavy atom. The lowest BCUT2D eigenvalue weighted by atomic mass is 9.88. The lowest BCUT2D eigenvalue weighted by Gasteiger charge is -2.39. The van der Waals surface area contributed by atoms with Gasteiger partial charge in [-0.3, -0.25) is 4.79 Å². The number of likely N-dealkylation sites (tertiary alicyclic amines) is 1. The number of rotatable bonds is 2. The molecule has 0 bridgehead atoms. The second kappa shape index (κ2) is 5.96. The summed E-state index contributed by atoms with van der Waals surface area (Å²) in [5.41, 5.74) is 2.51. The van der Waals surface area contributed by atoms with E-state index in [0.717, 1.165) is 32.5 Å². The molecule has 1 fully saturated rings. The van der Waals surface area contributed by atoms with Crippen LogP contribution in [0.5, 0.6) is 0 Å². The Morgan fingerprint density at radius 2 is 2.20 bits per heavy atom. The van der Waals surface area contributed by atoms with Crippen LogP contribution in [0.4, 0.5) is 0 Å². The average Bonchev–Trinajstić information content (AvgIpc) is 2.53. The highest BCUT2D eigenvalue weighted by Crippen LogP contribution is 2.29. The first-order valence-corrected chi connectivity index (χ1v) is 7.90. The third-order valence-electron chi connectivity index (χ3n) is 4.77. The van der Waals surface area contributed by atoms with Gasteiger partial charge in [-0.15, -0.1) is 0 Å². The first kappa shape index (κ1) is 13.6. The molecular formula is C17H24N2O. The van der Waals surface area contributed by atoms with Crippen LogP contribution < -0.4 is 5.32 Å². The van der Waals surface area contributed by atoms with Crippen molar-refractivity contribution in [3.63, 3.8) is 0 Å². The molecule has 2 unspecified atom stereocenters. The maximum atomic E-state index is 13.0. The second-order valence-corrected chi connectivity index (χ2v) is 5.97. The first-order valence-electron chi connectivity index (χ1n) is 7.90. The SMILES string of the molecule is CCC1CCCCN1C(=O)C1CNCc2ccccc21. The molecule has 3 nitrogen and oxygen atoms in total. The number of benzene rings is 1. The van der Waals surface area contributed by atoms with Crippen LogP contribution in [-0.2, 0) is 11.3 Å². The average molecular weight is 272 g/mol. The molecule has 1 N–H and O–H groups in total. The molecule has 108 valence electrons. The van der Waals surface area contributed by atoms with E-state index in [1.807, 2.05) is 0 Å². The van der Waals surface area contributed by atoms with E-state index in [-0.39, 0.29) is 5.92 Å². The van der Waals surface area contributed by atoms with Crippen LogP contribution >= 0.6 is 0 Å². The number of hydrogen-bond acceptors (Lipinski definition) is 2. The van der Waals surface area contributed by atoms with Crippen LogP contribution in [0, 0.1) is 0 Å². The Labute approximate surface area is 121 Å². The number of carbonyl (C=O) groups excluding carboxylic acids is 1. The Morgan fingerprint density at radius 1 is 1.35 bits per heavy atom. The quantitative estimate of drug-likeness (QED) is 0.897. The Kier molecular flexibility index (Phi) is 4.06. The van der Waals surface area contributed by atoms with Crippen molar-refractivity contribution in [1.82, 2.24) is 10.2 Å². The van der Waals surface area contributed by atoms with E-state index in [0.29, 0.717) is 11.9 Å². The van der Waals surface area contributed by atoms with Crippen molar-refractivity contribution in [3.05, 3.63) is 35.4 Å². The molecule has 0 spiro atoms. The summed E-state index contributed by atoms with van der Waals surface area (Å²) < 4.78 is 0. The Hall–Kier alpha value is -1.35. The number of nitrogens with zero attached hydrogens (tertiary/aromatic N) is 1. The zero-order valence-corrected chi connectivity index (χ0v) is 12.3. The number of fused-ring (bicyclic) bond motifs is 1. The van der Waals surface area contributed by atoms with Crippen LogP contribution in [0.2, 0.25) is 0 Å². The maximum Gasteiger partial charge on any atom is 0.231 e. The van der Waals surface area contributed by atoms with Crippen molar-refractivity contribution in [2.45, 2.75) is 51.1 Å². The molecule has 1 saturated heterocycles. The normalized spacial score (nSPS) is 26.1. The van der Waals surface area contributed by atoms with Gasteiger partial charge in [0.1, 0.15) is 0 Å². The molecule has 1 amide bonds. The van der Waals surface area contributed by atoms with Gasteiger partial charge in [0.05, 0.1) is 5.92 Å². The number of carbonyl (C=O) groups is 1. The van der Waals surface area contributed by atoms with Crippen molar-refractivity contribution in [2.75, 3.05) is 13.1 Å². The van der Waals surface area contributed by atoms with Gasteiger partial charge in [0.25, 0.3) is 0 Å². The Bertz CT molecular complexity index is 486. The van der Waals surface area contributed by atoms with E-state index < -0.39 is 0 Å². The molecule has 20 heavy (non-hydrogen) atoms. The monoisotopic (exact) mass is 272 g/mol. The lowest BCUT2D eigenvalue weighted by Crippen LogP contribution is -2.48. The summed E-state index contributed by atoms with van der Waals surface area (Å²) in [5, 5.41) is 3.40. The van der Waals surface area contributed by atoms with Gasteiger partial charge in [-0.25, -0.2) is 0 Å². The van der Waals surface area contributed by atoms with Gasteiger partial charge in [0.15, 0.2) is 0 Å². The highest BCUT2D eigenvalue weighted by Gasteiger charge is 2.33. The van der Waals surface area contributed by atoms with Gasteiger partial charge >= 0.3 is 0 Å². The zero-order chi connectivity index (χ0) is 13.9. The molecule has 2 aliphatic rings. The third-order valence-corrected chi connectivity index (χ3v) is 4.77. The molecule has 0 radical (unpaired) electrons. The topological polar surface area (TPSA) is 32.3 Å². The van der Waals surface area contributed by atoms with E-state index >= 15 is 0 Å². The van der Waals surface area contributed by atoms with Crippen LogP contribution in [-0.4, -0.2) is 29.9 Å². The summed E-state index contributed by atoms with van der Waals surface area (Å²) in [6, 6.07) is 8.82. The van der Waals surface area contributed by atoms with Crippen molar-refractivity contribution in [1.29, 1.82) is 0 Å². The van der Waals surface area contributed by atoms with E-state index in [1.54, 1.807) is 0 Å². The van der Waals surface area contributed by atoms with Gasteiger partial charge in [-0.1, -0.05) is 31.2 Å². The first-order chi connectivity index (χ1) is 9.81. The predicted molar refractivity (Wildman–Crippen MR) is 80.5 cm³/mol. The fraction of sp³-hybridized carbons (Fsp3) is 0.588. The van der Waals surface area contributed by atoms with Crippen molar-refractivity contribution in [3.8, 4) is 0 Å². The number of hydrogen-bond donors (Lipinski definition) is 1. The molecule has 0 saturated carbocycles. The molecule has 3 heteroatoms. The van der Waals surface area contributed by atoms with Crippen molar-refractivity contribution in [2.24, 2.45) is 0 Å². The van der Waals surface area contributed by atoms with E-state index in [2.05, 4.69) is 41.4 Å². The second-order valence-electron chi connectivity index (χ2n) is 5.97. The number of amides is 1. The summed E-state index contributed by atoms with van der Waals surface area (Å²) in [6.07, 6.45) is 4.67. The standard InChI is InChI=1S/C17H24N2O/c1-2-14-8-5-6-10-19(14)17(20)16-12-18-11-13-7-3-4-9-15(13)16/h3-4,7,9,14,16,18H,2,5-6,8,10-12H2,1H3. The van der Waals surface area contributed by atoms with Gasteiger partial charge in [0.2, 0.25) is 5.91 Å². The molecule has 0 aliphatic carbocycles. The maximum absolute atomic E-state index is 13.0.